The molecule has 4 nitrogen and oxygen atoms in total. The fraction of sp³-hybridized carbons (Fsp3) is 0.333. The number of sulfonamides is 1. The van der Waals surface area contributed by atoms with E-state index < -0.39 is 16.1 Å². The van der Waals surface area contributed by atoms with Crippen molar-refractivity contribution in [1.82, 2.24) is 4.31 Å². The minimum atomic E-state index is -3.60. The summed E-state index contributed by atoms with van der Waals surface area (Å²) in [4.78, 5) is 0.317. The van der Waals surface area contributed by atoms with E-state index in [1.54, 1.807) is 37.3 Å². The summed E-state index contributed by atoms with van der Waals surface area (Å²) in [7, 11) is -3.60. The van der Waals surface area contributed by atoms with Gasteiger partial charge in [-0.05, 0) is 43.2 Å². The maximum atomic E-state index is 13.1. The number of nitrogens with zero attached hydrogens (tertiary/aromatic N) is 1. The molecule has 6 heteroatoms. The standard InChI is InChI=1S/C18H20FNO3S/c1-13-5-3-4-6-18(13)24(21,22)20-11-14(2)23-17(12-20)15-7-9-16(19)10-8-15/h3-10,14,17H,11-12H2,1-2H3. The van der Waals surface area contributed by atoms with Crippen LogP contribution in [0.1, 0.15) is 24.2 Å². The number of aryl methyl sites for hydroxylation is 1. The summed E-state index contributed by atoms with van der Waals surface area (Å²) < 4.78 is 46.4. The van der Waals surface area contributed by atoms with Crippen LogP contribution >= 0.6 is 0 Å². The number of halogens is 1. The third kappa shape index (κ3) is 3.36. The zero-order valence-electron chi connectivity index (χ0n) is 13.6. The lowest BCUT2D eigenvalue weighted by atomic mass is 10.1. The Hall–Kier alpha value is -1.76. The van der Waals surface area contributed by atoms with Crippen molar-refractivity contribution in [3.05, 3.63) is 65.5 Å². The lowest BCUT2D eigenvalue weighted by molar-refractivity contribution is -0.0557. The lowest BCUT2D eigenvalue weighted by Gasteiger charge is -2.36. The van der Waals surface area contributed by atoms with E-state index in [9.17, 15) is 12.8 Å². The Morgan fingerprint density at radius 2 is 1.75 bits per heavy atom. The Morgan fingerprint density at radius 3 is 2.42 bits per heavy atom. The van der Waals surface area contributed by atoms with Gasteiger partial charge in [-0.3, -0.25) is 0 Å². The SMILES string of the molecule is Cc1ccccc1S(=O)(=O)N1CC(C)OC(c2ccc(F)cc2)C1. The summed E-state index contributed by atoms with van der Waals surface area (Å²) >= 11 is 0. The van der Waals surface area contributed by atoms with Gasteiger partial charge in [-0.1, -0.05) is 30.3 Å². The molecule has 2 aromatic rings. The van der Waals surface area contributed by atoms with Crippen molar-refractivity contribution in [1.29, 1.82) is 0 Å². The normalized spacial score (nSPS) is 22.5. The summed E-state index contributed by atoms with van der Waals surface area (Å²) in [6.45, 7) is 4.14. The fourth-order valence-corrected chi connectivity index (χ4v) is 4.70. The van der Waals surface area contributed by atoms with E-state index in [1.165, 1.54) is 16.4 Å². The molecule has 1 heterocycles. The van der Waals surface area contributed by atoms with Gasteiger partial charge in [-0.2, -0.15) is 4.31 Å². The molecule has 2 aromatic carbocycles. The maximum Gasteiger partial charge on any atom is 0.243 e. The van der Waals surface area contributed by atoms with Gasteiger partial charge in [0, 0.05) is 13.1 Å². The summed E-state index contributed by atoms with van der Waals surface area (Å²) in [5.74, 6) is -0.327. The predicted octanol–water partition coefficient (Wildman–Crippen LogP) is 3.28. The number of ether oxygens (including phenoxy) is 1. The average molecular weight is 349 g/mol. The smallest absolute Gasteiger partial charge is 0.243 e. The Balaban J connectivity index is 1.91. The summed E-state index contributed by atoms with van der Waals surface area (Å²) in [6.07, 6.45) is -0.652. The molecule has 0 amide bonds. The minimum absolute atomic E-state index is 0.215. The summed E-state index contributed by atoms with van der Waals surface area (Å²) in [5.41, 5.74) is 1.49. The second kappa shape index (κ2) is 6.63. The van der Waals surface area contributed by atoms with Gasteiger partial charge in [-0.15, -0.1) is 0 Å². The van der Waals surface area contributed by atoms with E-state index in [0.717, 1.165) is 11.1 Å². The molecule has 0 N–H and O–H groups in total. The first kappa shape index (κ1) is 17.1. The fourth-order valence-electron chi connectivity index (χ4n) is 2.96. The van der Waals surface area contributed by atoms with E-state index in [4.69, 9.17) is 4.74 Å². The number of rotatable bonds is 3. The van der Waals surface area contributed by atoms with Gasteiger partial charge in [0.05, 0.1) is 17.1 Å². The topological polar surface area (TPSA) is 46.6 Å². The van der Waals surface area contributed by atoms with Crippen LogP contribution in [0.5, 0.6) is 0 Å². The van der Waals surface area contributed by atoms with Crippen LogP contribution in [-0.4, -0.2) is 31.9 Å². The molecule has 0 saturated carbocycles. The van der Waals surface area contributed by atoms with Crippen molar-refractivity contribution in [2.45, 2.75) is 31.0 Å². The van der Waals surface area contributed by atoms with Crippen LogP contribution in [0.3, 0.4) is 0 Å². The summed E-state index contributed by atoms with van der Waals surface area (Å²) in [6, 6.07) is 12.9. The third-order valence-electron chi connectivity index (χ3n) is 4.18. The molecule has 0 bridgehead atoms. The minimum Gasteiger partial charge on any atom is -0.368 e. The monoisotopic (exact) mass is 349 g/mol. The van der Waals surface area contributed by atoms with Crippen LogP contribution < -0.4 is 0 Å². The third-order valence-corrected chi connectivity index (χ3v) is 6.17. The number of hydrogen-bond donors (Lipinski definition) is 0. The van der Waals surface area contributed by atoms with E-state index in [-0.39, 0.29) is 18.5 Å². The van der Waals surface area contributed by atoms with Crippen molar-refractivity contribution in [3.8, 4) is 0 Å². The maximum absolute atomic E-state index is 13.1. The molecule has 1 fully saturated rings. The molecule has 2 unspecified atom stereocenters. The van der Waals surface area contributed by atoms with E-state index in [0.29, 0.717) is 11.4 Å². The van der Waals surface area contributed by atoms with Gasteiger partial charge in [0.25, 0.3) is 0 Å². The largest absolute Gasteiger partial charge is 0.368 e. The van der Waals surface area contributed by atoms with Gasteiger partial charge >= 0.3 is 0 Å². The highest BCUT2D eigenvalue weighted by atomic mass is 32.2. The van der Waals surface area contributed by atoms with Gasteiger partial charge < -0.3 is 4.74 Å². The van der Waals surface area contributed by atoms with Crippen molar-refractivity contribution in [2.75, 3.05) is 13.1 Å². The molecule has 24 heavy (non-hydrogen) atoms. The zero-order chi connectivity index (χ0) is 17.3. The quantitative estimate of drug-likeness (QED) is 0.854. The van der Waals surface area contributed by atoms with Crippen LogP contribution in [0.2, 0.25) is 0 Å². The van der Waals surface area contributed by atoms with Gasteiger partial charge in [0.15, 0.2) is 0 Å². The van der Waals surface area contributed by atoms with Crippen LogP contribution in [-0.2, 0) is 14.8 Å². The molecule has 3 rings (SSSR count). The van der Waals surface area contributed by atoms with E-state index in [2.05, 4.69) is 0 Å². The molecule has 1 aliphatic rings. The lowest BCUT2D eigenvalue weighted by Crippen LogP contribution is -2.46. The van der Waals surface area contributed by atoms with E-state index >= 15 is 0 Å². The van der Waals surface area contributed by atoms with Crippen LogP contribution in [0.15, 0.2) is 53.4 Å². The van der Waals surface area contributed by atoms with Crippen LogP contribution in [0.25, 0.3) is 0 Å². The number of morpholine rings is 1. The highest BCUT2D eigenvalue weighted by Gasteiger charge is 2.35. The first-order valence-electron chi connectivity index (χ1n) is 7.84. The van der Waals surface area contributed by atoms with Crippen molar-refractivity contribution in [3.63, 3.8) is 0 Å². The first-order valence-corrected chi connectivity index (χ1v) is 9.28. The predicted molar refractivity (Wildman–Crippen MR) is 89.6 cm³/mol. The van der Waals surface area contributed by atoms with E-state index in [1.807, 2.05) is 13.0 Å². The Bertz CT molecular complexity index is 820. The molecule has 0 aliphatic carbocycles. The first-order chi connectivity index (χ1) is 11.4. The highest BCUT2D eigenvalue weighted by molar-refractivity contribution is 7.89. The molecule has 128 valence electrons. The second-order valence-corrected chi connectivity index (χ2v) is 7.98. The Morgan fingerprint density at radius 1 is 1.08 bits per heavy atom. The molecule has 0 aromatic heterocycles. The van der Waals surface area contributed by atoms with Crippen molar-refractivity contribution in [2.24, 2.45) is 0 Å². The van der Waals surface area contributed by atoms with Crippen LogP contribution in [0.4, 0.5) is 4.39 Å². The molecule has 0 radical (unpaired) electrons. The van der Waals surface area contributed by atoms with Crippen molar-refractivity contribution < 1.29 is 17.5 Å². The van der Waals surface area contributed by atoms with Crippen LogP contribution in [0, 0.1) is 12.7 Å². The Labute approximate surface area is 141 Å². The van der Waals surface area contributed by atoms with Crippen molar-refractivity contribution >= 4 is 10.0 Å². The summed E-state index contributed by atoms with van der Waals surface area (Å²) in [5, 5.41) is 0. The molecule has 2 atom stereocenters. The molecular formula is C18H20FNO3S. The number of benzene rings is 2. The van der Waals surface area contributed by atoms with Gasteiger partial charge in [0.2, 0.25) is 10.0 Å². The molecule has 0 spiro atoms. The zero-order valence-corrected chi connectivity index (χ0v) is 14.5. The van der Waals surface area contributed by atoms with Gasteiger partial charge in [0.1, 0.15) is 5.82 Å². The molecular weight excluding hydrogens is 329 g/mol. The number of hydrogen-bond acceptors (Lipinski definition) is 3. The highest BCUT2D eigenvalue weighted by Crippen LogP contribution is 2.30. The van der Waals surface area contributed by atoms with Gasteiger partial charge in [-0.25, -0.2) is 12.8 Å². The average Bonchev–Trinajstić information content (AvgIpc) is 2.55. The Kier molecular flexibility index (Phi) is 4.71. The molecule has 1 aliphatic heterocycles. The molecule has 1 saturated heterocycles. The second-order valence-electron chi connectivity index (χ2n) is 6.07.